The summed E-state index contributed by atoms with van der Waals surface area (Å²) in [5.74, 6) is 2.10. The van der Waals surface area contributed by atoms with Gasteiger partial charge in [0.05, 0.1) is 14.2 Å². The largest absolute Gasteiger partial charge is 0.497 e. The van der Waals surface area contributed by atoms with Crippen LogP contribution in [0.15, 0.2) is 36.4 Å². The van der Waals surface area contributed by atoms with Crippen LogP contribution in [0.4, 0.5) is 0 Å². The molecule has 0 saturated carbocycles. The number of hydrogen-bond acceptors (Lipinski definition) is 4. The van der Waals surface area contributed by atoms with Gasteiger partial charge < -0.3 is 19.1 Å². The Morgan fingerprint density at radius 3 is 2.54 bits per heavy atom. The van der Waals surface area contributed by atoms with Gasteiger partial charge in [0, 0.05) is 25.2 Å². The van der Waals surface area contributed by atoms with Crippen LogP contribution in [0.3, 0.4) is 0 Å². The molecule has 2 aromatic rings. The zero-order valence-corrected chi connectivity index (χ0v) is 15.6. The minimum Gasteiger partial charge on any atom is -0.497 e. The van der Waals surface area contributed by atoms with Gasteiger partial charge in [-0.2, -0.15) is 0 Å². The molecule has 3 rings (SSSR count). The molecule has 0 aromatic heterocycles. The summed E-state index contributed by atoms with van der Waals surface area (Å²) in [5, 5.41) is 0. The summed E-state index contributed by atoms with van der Waals surface area (Å²) >= 11 is 0. The normalized spacial score (nSPS) is 12.4. The summed E-state index contributed by atoms with van der Waals surface area (Å²) in [7, 11) is 4.98. The monoisotopic (exact) mass is 355 g/mol. The first-order chi connectivity index (χ1) is 12.6. The number of methoxy groups -OCH3 is 2. The van der Waals surface area contributed by atoms with Crippen molar-refractivity contribution in [2.45, 2.75) is 25.8 Å². The summed E-state index contributed by atoms with van der Waals surface area (Å²) < 4.78 is 16.3. The van der Waals surface area contributed by atoms with Gasteiger partial charge >= 0.3 is 0 Å². The Morgan fingerprint density at radius 1 is 1.00 bits per heavy atom. The van der Waals surface area contributed by atoms with E-state index in [0.717, 1.165) is 29.9 Å². The molecule has 0 saturated heterocycles. The fraction of sp³-hybridized carbons (Fsp3) is 0.381. The molecule has 0 fully saturated rings. The molecule has 0 heterocycles. The van der Waals surface area contributed by atoms with E-state index >= 15 is 0 Å². The summed E-state index contributed by atoms with van der Waals surface area (Å²) in [4.78, 5) is 14.0. The molecule has 5 nitrogen and oxygen atoms in total. The molecule has 5 heteroatoms. The van der Waals surface area contributed by atoms with Crippen molar-refractivity contribution in [3.05, 3.63) is 53.1 Å². The van der Waals surface area contributed by atoms with Gasteiger partial charge in [0.1, 0.15) is 17.2 Å². The van der Waals surface area contributed by atoms with E-state index in [4.69, 9.17) is 14.2 Å². The number of nitrogens with zero attached hydrogens (tertiary/aromatic N) is 1. The van der Waals surface area contributed by atoms with Crippen molar-refractivity contribution in [1.29, 1.82) is 0 Å². The predicted molar refractivity (Wildman–Crippen MR) is 100.0 cm³/mol. The summed E-state index contributed by atoms with van der Waals surface area (Å²) in [5.41, 5.74) is 3.65. The highest BCUT2D eigenvalue weighted by Crippen LogP contribution is 2.27. The number of carbonyl (C=O) groups excluding carboxylic acids is 1. The topological polar surface area (TPSA) is 48.0 Å². The smallest absolute Gasteiger partial charge is 0.260 e. The van der Waals surface area contributed by atoms with Gasteiger partial charge in [0.25, 0.3) is 5.91 Å². The second-order valence-electron chi connectivity index (χ2n) is 6.50. The molecule has 0 N–H and O–H groups in total. The molecule has 1 amide bonds. The Hall–Kier alpha value is -2.69. The van der Waals surface area contributed by atoms with Crippen molar-refractivity contribution < 1.29 is 19.0 Å². The fourth-order valence-corrected chi connectivity index (χ4v) is 3.22. The maximum Gasteiger partial charge on any atom is 0.260 e. The Bertz CT molecular complexity index is 788. The maximum atomic E-state index is 12.4. The molecule has 26 heavy (non-hydrogen) atoms. The van der Waals surface area contributed by atoms with E-state index in [1.54, 1.807) is 26.2 Å². The summed E-state index contributed by atoms with van der Waals surface area (Å²) in [6.07, 6.45) is 3.43. The Labute approximate surface area is 154 Å². The van der Waals surface area contributed by atoms with E-state index in [-0.39, 0.29) is 12.5 Å². The summed E-state index contributed by atoms with van der Waals surface area (Å²) in [6.45, 7) is 0.466. The number of amides is 1. The Morgan fingerprint density at radius 2 is 1.77 bits per heavy atom. The average molecular weight is 355 g/mol. The SMILES string of the molecule is COc1ccc(CN(C)C(=O)COc2ccc3c(c2)CCC3)c(OC)c1. The van der Waals surface area contributed by atoms with Gasteiger partial charge in [0.2, 0.25) is 0 Å². The number of carbonyl (C=O) groups is 1. The number of rotatable bonds is 7. The highest BCUT2D eigenvalue weighted by atomic mass is 16.5. The molecule has 0 radical (unpaired) electrons. The van der Waals surface area contributed by atoms with Crippen molar-refractivity contribution in [3.63, 3.8) is 0 Å². The van der Waals surface area contributed by atoms with Crippen LogP contribution in [-0.4, -0.2) is 38.7 Å². The van der Waals surface area contributed by atoms with E-state index < -0.39 is 0 Å². The third kappa shape index (κ3) is 4.10. The second kappa shape index (κ2) is 8.13. The lowest BCUT2D eigenvalue weighted by Crippen LogP contribution is -2.31. The molecule has 1 aliphatic carbocycles. The zero-order chi connectivity index (χ0) is 18.5. The fourth-order valence-electron chi connectivity index (χ4n) is 3.22. The molecular weight excluding hydrogens is 330 g/mol. The van der Waals surface area contributed by atoms with E-state index in [1.807, 2.05) is 24.3 Å². The van der Waals surface area contributed by atoms with Gasteiger partial charge in [-0.05, 0) is 54.7 Å². The molecule has 0 atom stereocenters. The standard InChI is InChI=1S/C21H25NO4/c1-22(13-17-8-9-18(24-2)12-20(17)25-3)21(23)14-26-19-10-7-15-5-4-6-16(15)11-19/h7-12H,4-6,13-14H2,1-3H3. The minimum absolute atomic E-state index is 0.0216. The van der Waals surface area contributed by atoms with Crippen molar-refractivity contribution in [2.75, 3.05) is 27.9 Å². The number of fused-ring (bicyclic) bond motifs is 1. The first-order valence-electron chi connectivity index (χ1n) is 8.80. The van der Waals surface area contributed by atoms with Crippen LogP contribution >= 0.6 is 0 Å². The van der Waals surface area contributed by atoms with Gasteiger partial charge in [-0.1, -0.05) is 6.07 Å². The van der Waals surface area contributed by atoms with Crippen LogP contribution in [0, 0.1) is 0 Å². The van der Waals surface area contributed by atoms with Crippen LogP contribution in [0.5, 0.6) is 17.2 Å². The summed E-state index contributed by atoms with van der Waals surface area (Å²) in [6, 6.07) is 11.7. The number of ether oxygens (including phenoxy) is 3. The zero-order valence-electron chi connectivity index (χ0n) is 15.6. The van der Waals surface area contributed by atoms with Crippen LogP contribution in [0.2, 0.25) is 0 Å². The third-order valence-electron chi connectivity index (χ3n) is 4.76. The lowest BCUT2D eigenvalue weighted by Gasteiger charge is -2.19. The first kappa shape index (κ1) is 18.1. The number of benzene rings is 2. The van der Waals surface area contributed by atoms with Crippen molar-refractivity contribution in [3.8, 4) is 17.2 Å². The maximum absolute atomic E-state index is 12.4. The number of aryl methyl sites for hydroxylation is 2. The van der Waals surface area contributed by atoms with Crippen LogP contribution in [0.25, 0.3) is 0 Å². The Balaban J connectivity index is 1.58. The first-order valence-corrected chi connectivity index (χ1v) is 8.80. The number of likely N-dealkylation sites (N-methyl/N-ethyl adjacent to an activating group) is 1. The third-order valence-corrected chi connectivity index (χ3v) is 4.76. The molecule has 2 aromatic carbocycles. The second-order valence-corrected chi connectivity index (χ2v) is 6.50. The van der Waals surface area contributed by atoms with Gasteiger partial charge in [-0.3, -0.25) is 4.79 Å². The quantitative estimate of drug-likeness (QED) is 0.765. The van der Waals surface area contributed by atoms with Gasteiger partial charge in [-0.15, -0.1) is 0 Å². The van der Waals surface area contributed by atoms with Crippen molar-refractivity contribution in [1.82, 2.24) is 4.90 Å². The van der Waals surface area contributed by atoms with E-state index in [1.165, 1.54) is 17.5 Å². The van der Waals surface area contributed by atoms with Crippen LogP contribution in [0.1, 0.15) is 23.1 Å². The van der Waals surface area contributed by atoms with E-state index in [0.29, 0.717) is 12.3 Å². The highest BCUT2D eigenvalue weighted by molar-refractivity contribution is 5.77. The molecule has 138 valence electrons. The van der Waals surface area contributed by atoms with E-state index in [2.05, 4.69) is 12.1 Å². The van der Waals surface area contributed by atoms with Crippen molar-refractivity contribution >= 4 is 5.91 Å². The lowest BCUT2D eigenvalue weighted by molar-refractivity contribution is -0.132. The van der Waals surface area contributed by atoms with Crippen LogP contribution < -0.4 is 14.2 Å². The Kier molecular flexibility index (Phi) is 5.66. The molecule has 0 aliphatic heterocycles. The molecule has 0 spiro atoms. The molecule has 0 bridgehead atoms. The molecular formula is C21H25NO4. The highest BCUT2D eigenvalue weighted by Gasteiger charge is 2.15. The van der Waals surface area contributed by atoms with Crippen LogP contribution in [-0.2, 0) is 24.2 Å². The lowest BCUT2D eigenvalue weighted by atomic mass is 10.1. The molecule has 0 unspecified atom stereocenters. The van der Waals surface area contributed by atoms with Crippen molar-refractivity contribution in [2.24, 2.45) is 0 Å². The van der Waals surface area contributed by atoms with E-state index in [9.17, 15) is 4.79 Å². The number of hydrogen-bond donors (Lipinski definition) is 0. The predicted octanol–water partition coefficient (Wildman–Crippen LogP) is 3.23. The minimum atomic E-state index is -0.0802. The molecule has 1 aliphatic rings. The van der Waals surface area contributed by atoms with Gasteiger partial charge in [0.15, 0.2) is 6.61 Å². The average Bonchev–Trinajstić information content (AvgIpc) is 3.14. The van der Waals surface area contributed by atoms with Gasteiger partial charge in [-0.25, -0.2) is 0 Å².